The lowest BCUT2D eigenvalue weighted by Crippen LogP contribution is -1.93. The Morgan fingerprint density at radius 1 is 1.16 bits per heavy atom. The van der Waals surface area contributed by atoms with Crippen molar-refractivity contribution in [1.29, 1.82) is 0 Å². The van der Waals surface area contributed by atoms with E-state index in [0.717, 1.165) is 17.7 Å². The molecule has 0 amide bonds. The summed E-state index contributed by atoms with van der Waals surface area (Å²) in [5.41, 5.74) is 3.94. The molecule has 100 valence electrons. The van der Waals surface area contributed by atoms with Gasteiger partial charge in [0.25, 0.3) is 0 Å². The fourth-order valence-corrected chi connectivity index (χ4v) is 3.21. The van der Waals surface area contributed by atoms with Gasteiger partial charge in [0.2, 0.25) is 0 Å². The summed E-state index contributed by atoms with van der Waals surface area (Å²) in [4.78, 5) is 13.9. The number of ketones is 1. The molecule has 2 rings (SSSR count). The molecule has 0 unspecified atom stereocenters. The molecule has 1 heterocycles. The number of carbonyl (C=O) groups excluding carboxylic acids is 1. The Morgan fingerprint density at radius 3 is 2.58 bits per heavy atom. The molecule has 0 saturated carbocycles. The molecule has 0 aliphatic rings. The summed E-state index contributed by atoms with van der Waals surface area (Å²) in [6.45, 7) is 6.37. The van der Waals surface area contributed by atoms with Gasteiger partial charge >= 0.3 is 0 Å². The van der Waals surface area contributed by atoms with Crippen molar-refractivity contribution in [2.45, 2.75) is 40.0 Å². The molecule has 19 heavy (non-hydrogen) atoms. The van der Waals surface area contributed by atoms with Crippen molar-refractivity contribution < 1.29 is 4.79 Å². The van der Waals surface area contributed by atoms with Crippen molar-refractivity contribution in [2.75, 3.05) is 0 Å². The first kappa shape index (κ1) is 14.0. The van der Waals surface area contributed by atoms with E-state index in [1.54, 1.807) is 11.3 Å². The van der Waals surface area contributed by atoms with Crippen LogP contribution in [0.3, 0.4) is 0 Å². The van der Waals surface area contributed by atoms with Crippen LogP contribution in [0, 0.1) is 6.92 Å². The van der Waals surface area contributed by atoms with E-state index in [4.69, 9.17) is 0 Å². The van der Waals surface area contributed by atoms with Gasteiger partial charge < -0.3 is 0 Å². The lowest BCUT2D eigenvalue weighted by atomic mass is 10.0. The molecular weight excluding hydrogens is 252 g/mol. The fraction of sp³-hybridized carbons (Fsp3) is 0.353. The molecule has 0 atom stereocenters. The second kappa shape index (κ2) is 6.16. The fourth-order valence-electron chi connectivity index (χ4n) is 2.24. The molecule has 1 aromatic carbocycles. The van der Waals surface area contributed by atoms with Crippen LogP contribution in [0.4, 0.5) is 0 Å². The quantitative estimate of drug-likeness (QED) is 0.678. The van der Waals surface area contributed by atoms with Gasteiger partial charge in [-0.2, -0.15) is 0 Å². The molecular formula is C17H20OS. The van der Waals surface area contributed by atoms with E-state index < -0.39 is 0 Å². The third-order valence-corrected chi connectivity index (χ3v) is 4.54. The number of aryl methyl sites for hydroxylation is 2. The standard InChI is InChI=1S/C17H20OS/c1-4-6-15(18)17-10-9-16(19-17)14-8-7-13(5-2)12(3)11-14/h7-11H,4-6H2,1-3H3. The summed E-state index contributed by atoms with van der Waals surface area (Å²) < 4.78 is 0. The molecule has 0 bridgehead atoms. The Kier molecular flexibility index (Phi) is 4.54. The highest BCUT2D eigenvalue weighted by Crippen LogP contribution is 2.30. The van der Waals surface area contributed by atoms with Crippen LogP contribution in [0.1, 0.15) is 47.5 Å². The number of thiophene rings is 1. The van der Waals surface area contributed by atoms with Gasteiger partial charge in [0.05, 0.1) is 4.88 Å². The van der Waals surface area contributed by atoms with Gasteiger partial charge in [-0.3, -0.25) is 4.79 Å². The molecule has 0 aliphatic heterocycles. The first-order valence-corrected chi connectivity index (χ1v) is 7.70. The number of carbonyl (C=O) groups is 1. The molecule has 1 aromatic heterocycles. The zero-order chi connectivity index (χ0) is 13.8. The molecule has 0 spiro atoms. The average molecular weight is 272 g/mol. The summed E-state index contributed by atoms with van der Waals surface area (Å²) in [5, 5.41) is 0. The molecule has 1 nitrogen and oxygen atoms in total. The van der Waals surface area contributed by atoms with Crippen LogP contribution in [-0.2, 0) is 6.42 Å². The van der Waals surface area contributed by atoms with Crippen molar-refractivity contribution in [3.63, 3.8) is 0 Å². The van der Waals surface area contributed by atoms with Crippen LogP contribution in [0.25, 0.3) is 10.4 Å². The highest BCUT2D eigenvalue weighted by molar-refractivity contribution is 7.17. The summed E-state index contributed by atoms with van der Waals surface area (Å²) in [6.07, 6.45) is 2.63. The van der Waals surface area contributed by atoms with Crippen LogP contribution in [-0.4, -0.2) is 5.78 Å². The van der Waals surface area contributed by atoms with Gasteiger partial charge in [-0.05, 0) is 48.6 Å². The van der Waals surface area contributed by atoms with E-state index in [1.807, 2.05) is 13.0 Å². The molecule has 2 heteroatoms. The first-order chi connectivity index (χ1) is 9.15. The first-order valence-electron chi connectivity index (χ1n) is 6.88. The zero-order valence-electron chi connectivity index (χ0n) is 11.8. The molecule has 2 aromatic rings. The zero-order valence-corrected chi connectivity index (χ0v) is 12.6. The Labute approximate surface area is 119 Å². The van der Waals surface area contributed by atoms with E-state index in [9.17, 15) is 4.79 Å². The number of rotatable bonds is 5. The number of hydrogen-bond acceptors (Lipinski definition) is 2. The van der Waals surface area contributed by atoms with Gasteiger partial charge in [0.1, 0.15) is 0 Å². The smallest absolute Gasteiger partial charge is 0.172 e. The van der Waals surface area contributed by atoms with Crippen molar-refractivity contribution in [2.24, 2.45) is 0 Å². The number of benzene rings is 1. The van der Waals surface area contributed by atoms with Crippen LogP contribution in [0.2, 0.25) is 0 Å². The van der Waals surface area contributed by atoms with Crippen LogP contribution in [0.5, 0.6) is 0 Å². The van der Waals surface area contributed by atoms with Gasteiger partial charge in [-0.25, -0.2) is 0 Å². The summed E-state index contributed by atoms with van der Waals surface area (Å²) in [6, 6.07) is 10.6. The molecule has 0 radical (unpaired) electrons. The van der Waals surface area contributed by atoms with Gasteiger partial charge in [0, 0.05) is 11.3 Å². The second-order valence-corrected chi connectivity index (χ2v) is 5.92. The predicted molar refractivity (Wildman–Crippen MR) is 83.1 cm³/mol. The topological polar surface area (TPSA) is 17.1 Å². The molecule has 0 fully saturated rings. The minimum atomic E-state index is 0.264. The maximum absolute atomic E-state index is 11.9. The van der Waals surface area contributed by atoms with E-state index in [-0.39, 0.29) is 5.78 Å². The van der Waals surface area contributed by atoms with Gasteiger partial charge in [-0.1, -0.05) is 32.0 Å². The Bertz CT molecular complexity index is 581. The minimum absolute atomic E-state index is 0.264. The largest absolute Gasteiger partial charge is 0.293 e. The predicted octanol–water partition coefficient (Wildman–Crippen LogP) is 5.27. The highest BCUT2D eigenvalue weighted by atomic mass is 32.1. The van der Waals surface area contributed by atoms with Gasteiger partial charge in [0.15, 0.2) is 5.78 Å². The monoisotopic (exact) mass is 272 g/mol. The summed E-state index contributed by atoms with van der Waals surface area (Å²) >= 11 is 1.61. The minimum Gasteiger partial charge on any atom is -0.293 e. The van der Waals surface area contributed by atoms with Crippen LogP contribution in [0.15, 0.2) is 30.3 Å². The molecule has 0 N–H and O–H groups in total. The molecule has 0 saturated heterocycles. The molecule has 0 aliphatic carbocycles. The van der Waals surface area contributed by atoms with Crippen LogP contribution < -0.4 is 0 Å². The Morgan fingerprint density at radius 2 is 1.95 bits per heavy atom. The van der Waals surface area contributed by atoms with E-state index in [1.165, 1.54) is 21.6 Å². The highest BCUT2D eigenvalue weighted by Gasteiger charge is 2.10. The maximum atomic E-state index is 11.9. The van der Waals surface area contributed by atoms with Crippen molar-refractivity contribution in [3.05, 3.63) is 46.3 Å². The van der Waals surface area contributed by atoms with E-state index in [2.05, 4.69) is 38.1 Å². The second-order valence-electron chi connectivity index (χ2n) is 4.83. The Hall–Kier alpha value is -1.41. The normalized spacial score (nSPS) is 10.7. The lowest BCUT2D eigenvalue weighted by Gasteiger charge is -2.05. The third kappa shape index (κ3) is 3.13. The van der Waals surface area contributed by atoms with Crippen molar-refractivity contribution in [3.8, 4) is 10.4 Å². The van der Waals surface area contributed by atoms with Gasteiger partial charge in [-0.15, -0.1) is 11.3 Å². The van der Waals surface area contributed by atoms with Crippen molar-refractivity contribution >= 4 is 17.1 Å². The summed E-state index contributed by atoms with van der Waals surface area (Å²) in [5.74, 6) is 0.264. The van der Waals surface area contributed by atoms with Crippen molar-refractivity contribution in [1.82, 2.24) is 0 Å². The number of Topliss-reactive ketones (excluding diaryl/α,β-unsaturated/α-hetero) is 1. The number of hydrogen-bond donors (Lipinski definition) is 0. The SMILES string of the molecule is CCCC(=O)c1ccc(-c2ccc(CC)c(C)c2)s1. The lowest BCUT2D eigenvalue weighted by molar-refractivity contribution is 0.0985. The van der Waals surface area contributed by atoms with E-state index >= 15 is 0 Å². The third-order valence-electron chi connectivity index (χ3n) is 3.37. The average Bonchev–Trinajstić information content (AvgIpc) is 2.88. The Balaban J connectivity index is 2.27. The van der Waals surface area contributed by atoms with E-state index in [0.29, 0.717) is 6.42 Å². The summed E-state index contributed by atoms with van der Waals surface area (Å²) in [7, 11) is 0. The maximum Gasteiger partial charge on any atom is 0.172 e. The van der Waals surface area contributed by atoms with Crippen LogP contribution >= 0.6 is 11.3 Å².